The van der Waals surface area contributed by atoms with E-state index in [1.807, 2.05) is 24.3 Å². The van der Waals surface area contributed by atoms with Crippen LogP contribution in [0.5, 0.6) is 0 Å². The van der Waals surface area contributed by atoms with E-state index in [0.717, 1.165) is 36.4 Å². The number of para-hydroxylation sites is 1. The first-order valence-electron chi connectivity index (χ1n) is 8.46. The van der Waals surface area contributed by atoms with Crippen LogP contribution in [-0.4, -0.2) is 31.8 Å². The summed E-state index contributed by atoms with van der Waals surface area (Å²) < 4.78 is 5.89. The maximum absolute atomic E-state index is 12.2. The highest BCUT2D eigenvalue weighted by Gasteiger charge is 2.15. The molecule has 0 bridgehead atoms. The van der Waals surface area contributed by atoms with E-state index in [1.54, 1.807) is 24.3 Å². The van der Waals surface area contributed by atoms with E-state index in [0.29, 0.717) is 11.6 Å². The second-order valence-electron chi connectivity index (χ2n) is 6.15. The molecule has 5 aromatic rings. The van der Waals surface area contributed by atoms with Crippen LogP contribution in [0.2, 0.25) is 0 Å². The SMILES string of the molecule is Cc1cc(NC(=O)CSc2ncnc3c2sc2nc4ccccc4cc23)no1. The summed E-state index contributed by atoms with van der Waals surface area (Å²) in [6.07, 6.45) is 1.53. The Kier molecular flexibility index (Phi) is 4.18. The lowest BCUT2D eigenvalue weighted by atomic mass is 10.2. The minimum absolute atomic E-state index is 0.171. The van der Waals surface area contributed by atoms with Crippen LogP contribution in [0.15, 0.2) is 52.3 Å². The number of nitrogens with one attached hydrogen (secondary N) is 1. The number of aryl methyl sites for hydroxylation is 1. The molecule has 0 aliphatic rings. The highest BCUT2D eigenvalue weighted by Crippen LogP contribution is 2.37. The van der Waals surface area contributed by atoms with Gasteiger partial charge in [-0.1, -0.05) is 35.1 Å². The normalized spacial score (nSPS) is 11.5. The smallest absolute Gasteiger partial charge is 0.236 e. The topological polar surface area (TPSA) is 93.8 Å². The number of rotatable bonds is 4. The summed E-state index contributed by atoms with van der Waals surface area (Å²) in [7, 11) is 0. The van der Waals surface area contributed by atoms with Crippen LogP contribution in [0.1, 0.15) is 5.76 Å². The number of carbonyl (C=O) groups excluding carboxylic acids is 1. The Hall–Kier alpha value is -3.04. The standard InChI is InChI=1S/C19H13N5O2S2/c1-10-6-14(24-26-10)23-15(25)8-27-19-17-16(20-9-21-19)12-7-11-4-2-3-5-13(11)22-18(12)28-17/h2-7,9H,8H2,1H3,(H,23,24,25). The lowest BCUT2D eigenvalue weighted by molar-refractivity contribution is -0.113. The average molecular weight is 407 g/mol. The van der Waals surface area contributed by atoms with Gasteiger partial charge in [-0.25, -0.2) is 15.0 Å². The summed E-state index contributed by atoms with van der Waals surface area (Å²) >= 11 is 2.91. The number of thiophene rings is 1. The highest BCUT2D eigenvalue weighted by atomic mass is 32.2. The quantitative estimate of drug-likeness (QED) is 0.348. The molecule has 0 saturated carbocycles. The maximum atomic E-state index is 12.2. The van der Waals surface area contributed by atoms with Crippen molar-refractivity contribution in [1.29, 1.82) is 0 Å². The van der Waals surface area contributed by atoms with E-state index >= 15 is 0 Å². The minimum Gasteiger partial charge on any atom is -0.360 e. The summed E-state index contributed by atoms with van der Waals surface area (Å²) in [6, 6.07) is 11.8. The number of thioether (sulfide) groups is 1. The van der Waals surface area contributed by atoms with Crippen LogP contribution in [0.25, 0.3) is 31.3 Å². The molecule has 4 aromatic heterocycles. The van der Waals surface area contributed by atoms with Gasteiger partial charge >= 0.3 is 0 Å². The van der Waals surface area contributed by atoms with Crippen LogP contribution in [0.4, 0.5) is 5.82 Å². The predicted molar refractivity (Wildman–Crippen MR) is 111 cm³/mol. The number of carbonyl (C=O) groups is 1. The summed E-state index contributed by atoms with van der Waals surface area (Å²) in [6.45, 7) is 1.77. The van der Waals surface area contributed by atoms with Crippen LogP contribution >= 0.6 is 23.1 Å². The van der Waals surface area contributed by atoms with Gasteiger partial charge in [0, 0.05) is 16.8 Å². The first-order chi connectivity index (χ1) is 13.7. The summed E-state index contributed by atoms with van der Waals surface area (Å²) in [5, 5.41) is 9.33. The average Bonchev–Trinajstić information content (AvgIpc) is 3.27. The molecule has 0 fully saturated rings. The Morgan fingerprint density at radius 1 is 1.25 bits per heavy atom. The molecule has 138 valence electrons. The number of pyridine rings is 1. The van der Waals surface area contributed by atoms with Crippen LogP contribution in [0.3, 0.4) is 0 Å². The number of hydrogen-bond acceptors (Lipinski definition) is 8. The molecule has 1 N–H and O–H groups in total. The van der Waals surface area contributed by atoms with Crippen molar-refractivity contribution in [3.8, 4) is 0 Å². The van der Waals surface area contributed by atoms with Crippen molar-refractivity contribution in [3.63, 3.8) is 0 Å². The lowest BCUT2D eigenvalue weighted by Gasteiger charge is -2.02. The molecule has 5 rings (SSSR count). The fraction of sp³-hybridized carbons (Fsp3) is 0.105. The van der Waals surface area contributed by atoms with Crippen molar-refractivity contribution in [2.75, 3.05) is 11.1 Å². The fourth-order valence-corrected chi connectivity index (χ4v) is 4.92. The molecule has 9 heteroatoms. The third-order valence-electron chi connectivity index (χ3n) is 4.15. The van der Waals surface area contributed by atoms with Crippen LogP contribution in [0, 0.1) is 6.92 Å². The molecule has 1 aromatic carbocycles. The van der Waals surface area contributed by atoms with Gasteiger partial charge in [-0.2, -0.15) is 0 Å². The van der Waals surface area contributed by atoms with Gasteiger partial charge < -0.3 is 9.84 Å². The Morgan fingerprint density at radius 3 is 3.00 bits per heavy atom. The number of benzene rings is 1. The van der Waals surface area contributed by atoms with Gasteiger partial charge in [0.15, 0.2) is 5.82 Å². The van der Waals surface area contributed by atoms with E-state index < -0.39 is 0 Å². The molecule has 0 unspecified atom stereocenters. The van der Waals surface area contributed by atoms with Gasteiger partial charge in [0.05, 0.1) is 21.5 Å². The first-order valence-corrected chi connectivity index (χ1v) is 10.3. The fourth-order valence-electron chi connectivity index (χ4n) is 2.92. The zero-order valence-electron chi connectivity index (χ0n) is 14.7. The molecule has 0 radical (unpaired) electrons. The monoisotopic (exact) mass is 407 g/mol. The van der Waals surface area contributed by atoms with E-state index in [4.69, 9.17) is 9.51 Å². The van der Waals surface area contributed by atoms with Crippen LogP contribution < -0.4 is 5.32 Å². The Labute approximate surface area is 167 Å². The van der Waals surface area contributed by atoms with Crippen molar-refractivity contribution >= 4 is 66.2 Å². The van der Waals surface area contributed by atoms with Gasteiger partial charge in [-0.05, 0) is 19.1 Å². The maximum Gasteiger partial charge on any atom is 0.236 e. The Morgan fingerprint density at radius 2 is 2.14 bits per heavy atom. The summed E-state index contributed by atoms with van der Waals surface area (Å²) in [4.78, 5) is 26.7. The zero-order chi connectivity index (χ0) is 19.1. The Bertz CT molecular complexity index is 1340. The van der Waals surface area contributed by atoms with Crippen molar-refractivity contribution in [2.24, 2.45) is 0 Å². The van der Waals surface area contributed by atoms with E-state index in [1.165, 1.54) is 18.1 Å². The van der Waals surface area contributed by atoms with Crippen molar-refractivity contribution in [2.45, 2.75) is 11.9 Å². The predicted octanol–water partition coefficient (Wildman–Crippen LogP) is 4.42. The van der Waals surface area contributed by atoms with Gasteiger partial charge in [0.1, 0.15) is 21.9 Å². The molecule has 0 saturated heterocycles. The van der Waals surface area contributed by atoms with Crippen molar-refractivity contribution in [3.05, 3.63) is 48.5 Å². The van der Waals surface area contributed by atoms with Gasteiger partial charge in [-0.15, -0.1) is 11.3 Å². The molecule has 4 heterocycles. The first kappa shape index (κ1) is 17.1. The van der Waals surface area contributed by atoms with E-state index in [2.05, 4.69) is 26.5 Å². The Balaban J connectivity index is 1.46. The highest BCUT2D eigenvalue weighted by molar-refractivity contribution is 8.00. The van der Waals surface area contributed by atoms with E-state index in [-0.39, 0.29) is 11.7 Å². The second-order valence-corrected chi connectivity index (χ2v) is 8.12. The van der Waals surface area contributed by atoms with E-state index in [9.17, 15) is 4.79 Å². The molecular weight excluding hydrogens is 394 g/mol. The lowest BCUT2D eigenvalue weighted by Crippen LogP contribution is -2.14. The molecule has 0 aliphatic carbocycles. The summed E-state index contributed by atoms with van der Waals surface area (Å²) in [5.74, 6) is 1.09. The third kappa shape index (κ3) is 3.08. The summed E-state index contributed by atoms with van der Waals surface area (Å²) in [5.41, 5.74) is 1.81. The molecular formula is C19H13N5O2S2. The van der Waals surface area contributed by atoms with Crippen molar-refractivity contribution in [1.82, 2.24) is 20.1 Å². The molecule has 1 amide bonds. The zero-order valence-corrected chi connectivity index (χ0v) is 16.3. The number of fused-ring (bicyclic) bond motifs is 4. The van der Waals surface area contributed by atoms with Gasteiger partial charge in [0.25, 0.3) is 0 Å². The molecule has 0 aliphatic heterocycles. The van der Waals surface area contributed by atoms with Crippen LogP contribution in [-0.2, 0) is 4.79 Å². The third-order valence-corrected chi connectivity index (χ3v) is 6.36. The second kappa shape index (κ2) is 6.84. The molecule has 0 atom stereocenters. The number of nitrogens with zero attached hydrogens (tertiary/aromatic N) is 4. The van der Waals surface area contributed by atoms with Gasteiger partial charge in [0.2, 0.25) is 5.91 Å². The molecule has 28 heavy (non-hydrogen) atoms. The number of aromatic nitrogens is 4. The van der Waals surface area contributed by atoms with Crippen molar-refractivity contribution < 1.29 is 9.32 Å². The van der Waals surface area contributed by atoms with Gasteiger partial charge in [-0.3, -0.25) is 4.79 Å². The number of amides is 1. The minimum atomic E-state index is -0.171. The number of anilines is 1. The molecule has 7 nitrogen and oxygen atoms in total. The molecule has 0 spiro atoms. The largest absolute Gasteiger partial charge is 0.360 e. The number of hydrogen-bond donors (Lipinski definition) is 1.